The maximum atomic E-state index is 5.44. The summed E-state index contributed by atoms with van der Waals surface area (Å²) in [6.45, 7) is 2.60. The zero-order chi connectivity index (χ0) is 13.1. The van der Waals surface area contributed by atoms with E-state index in [9.17, 15) is 0 Å². The Balaban J connectivity index is 1.62. The van der Waals surface area contributed by atoms with Crippen molar-refractivity contribution in [3.63, 3.8) is 0 Å². The molecule has 19 heavy (non-hydrogen) atoms. The molecule has 0 N–H and O–H groups in total. The molecular weight excluding hydrogens is 296 g/mol. The third-order valence-electron chi connectivity index (χ3n) is 2.89. The molecule has 0 aromatic carbocycles. The van der Waals surface area contributed by atoms with Gasteiger partial charge in [-0.2, -0.15) is 0 Å². The van der Waals surface area contributed by atoms with Crippen LogP contribution < -0.4 is 0 Å². The lowest BCUT2D eigenvalue weighted by Gasteiger charge is -2.36. The van der Waals surface area contributed by atoms with E-state index in [4.69, 9.17) is 16.6 Å². The molecule has 0 aliphatic carbocycles. The van der Waals surface area contributed by atoms with E-state index < -0.39 is 0 Å². The number of rotatable bonds is 4. The lowest BCUT2D eigenvalue weighted by molar-refractivity contribution is 0.189. The molecule has 2 aromatic heterocycles. The summed E-state index contributed by atoms with van der Waals surface area (Å²) in [5.74, 6) is 1.94. The van der Waals surface area contributed by atoms with Gasteiger partial charge >= 0.3 is 0 Å². The molecule has 3 nitrogen and oxygen atoms in total. The summed E-state index contributed by atoms with van der Waals surface area (Å²) in [6.07, 6.45) is 1.72. The van der Waals surface area contributed by atoms with E-state index in [2.05, 4.69) is 27.3 Å². The van der Waals surface area contributed by atoms with E-state index >= 15 is 0 Å². The second-order valence-corrected chi connectivity index (χ2v) is 6.98. The van der Waals surface area contributed by atoms with Gasteiger partial charge in [-0.3, -0.25) is 4.90 Å². The average molecular weight is 310 g/mol. The first-order valence-electron chi connectivity index (χ1n) is 6.00. The van der Waals surface area contributed by atoms with Gasteiger partial charge in [-0.05, 0) is 23.6 Å². The summed E-state index contributed by atoms with van der Waals surface area (Å²) in [6, 6.07) is 8.19. The third kappa shape index (κ3) is 3.39. The van der Waals surface area contributed by atoms with Crippen molar-refractivity contribution in [2.24, 2.45) is 0 Å². The Bertz CT molecular complexity index is 524. The molecule has 100 valence electrons. The van der Waals surface area contributed by atoms with Gasteiger partial charge in [-0.25, -0.2) is 0 Å². The highest BCUT2D eigenvalue weighted by Crippen LogP contribution is 2.23. The van der Waals surface area contributed by atoms with Crippen LogP contribution in [0.2, 0.25) is 0 Å². The fourth-order valence-electron chi connectivity index (χ4n) is 2.00. The number of furan rings is 1. The summed E-state index contributed by atoms with van der Waals surface area (Å²) in [5, 5.41) is 2.11. The molecule has 2 aromatic rings. The van der Waals surface area contributed by atoms with Crippen LogP contribution in [-0.2, 0) is 13.1 Å². The van der Waals surface area contributed by atoms with E-state index in [1.807, 2.05) is 12.1 Å². The quantitative estimate of drug-likeness (QED) is 0.802. The highest BCUT2D eigenvalue weighted by Gasteiger charge is 2.22. The van der Waals surface area contributed by atoms with E-state index in [1.165, 1.54) is 4.88 Å². The minimum absolute atomic E-state index is 0.837. The summed E-state index contributed by atoms with van der Waals surface area (Å²) in [7, 11) is 0. The maximum absolute atomic E-state index is 5.44. The smallest absolute Gasteiger partial charge is 0.139 e. The molecule has 0 atom stereocenters. The van der Waals surface area contributed by atoms with Crippen LogP contribution >= 0.6 is 35.3 Å². The first kappa shape index (κ1) is 13.2. The first-order chi connectivity index (χ1) is 9.31. The highest BCUT2D eigenvalue weighted by molar-refractivity contribution is 8.22. The summed E-state index contributed by atoms with van der Waals surface area (Å²) < 4.78 is 6.39. The third-order valence-corrected chi connectivity index (χ3v) is 5.36. The van der Waals surface area contributed by atoms with E-state index in [-0.39, 0.29) is 0 Å². The number of thioether (sulfide) groups is 1. The molecule has 0 bridgehead atoms. The number of hydrogen-bond acceptors (Lipinski definition) is 5. The van der Waals surface area contributed by atoms with Crippen molar-refractivity contribution < 1.29 is 4.42 Å². The maximum Gasteiger partial charge on any atom is 0.139 e. The van der Waals surface area contributed by atoms with E-state index in [0.29, 0.717) is 0 Å². The molecule has 0 radical (unpaired) electrons. The van der Waals surface area contributed by atoms with Crippen molar-refractivity contribution in [2.45, 2.75) is 13.1 Å². The van der Waals surface area contributed by atoms with Gasteiger partial charge in [0.05, 0.1) is 31.9 Å². The van der Waals surface area contributed by atoms with Crippen LogP contribution in [-0.4, -0.2) is 26.7 Å². The standard InChI is InChI=1S/C13H14N2OS3/c17-13-15(8-12-4-2-6-18-12)9-14(10-19-13)7-11-3-1-5-16-11/h1-6H,7-10H2. The van der Waals surface area contributed by atoms with Gasteiger partial charge in [0.2, 0.25) is 0 Å². The molecule has 0 saturated carbocycles. The van der Waals surface area contributed by atoms with Gasteiger partial charge in [0.25, 0.3) is 0 Å². The number of thiophene rings is 1. The van der Waals surface area contributed by atoms with E-state index in [1.54, 1.807) is 29.4 Å². The molecule has 0 spiro atoms. The van der Waals surface area contributed by atoms with Crippen molar-refractivity contribution in [3.8, 4) is 0 Å². The Morgan fingerprint density at radius 1 is 1.26 bits per heavy atom. The van der Waals surface area contributed by atoms with Gasteiger partial charge in [-0.15, -0.1) is 11.3 Å². The Kier molecular flexibility index (Phi) is 4.22. The molecule has 1 aliphatic rings. The topological polar surface area (TPSA) is 19.6 Å². The SMILES string of the molecule is S=C1SCN(Cc2ccco2)CN1Cc1cccs1. The van der Waals surface area contributed by atoms with Gasteiger partial charge in [-0.1, -0.05) is 30.0 Å². The monoisotopic (exact) mass is 310 g/mol. The second kappa shape index (κ2) is 6.09. The first-order valence-corrected chi connectivity index (χ1v) is 8.27. The Morgan fingerprint density at radius 3 is 2.95 bits per heavy atom. The predicted octanol–water partition coefficient (Wildman–Crippen LogP) is 3.59. The molecule has 0 amide bonds. The molecule has 6 heteroatoms. The summed E-state index contributed by atoms with van der Waals surface area (Å²) >= 11 is 8.95. The molecular formula is C13H14N2OS3. The number of nitrogens with zero attached hydrogens (tertiary/aromatic N) is 2. The number of thiocarbonyl (C=S) groups is 1. The molecule has 3 heterocycles. The minimum Gasteiger partial charge on any atom is -0.468 e. The zero-order valence-corrected chi connectivity index (χ0v) is 12.8. The average Bonchev–Trinajstić information content (AvgIpc) is 3.07. The van der Waals surface area contributed by atoms with Crippen molar-refractivity contribution in [1.82, 2.24) is 9.80 Å². The van der Waals surface area contributed by atoms with Crippen LogP contribution in [0, 0.1) is 0 Å². The van der Waals surface area contributed by atoms with Crippen LogP contribution in [0.25, 0.3) is 0 Å². The normalized spacial score (nSPS) is 17.1. The predicted molar refractivity (Wildman–Crippen MR) is 84.0 cm³/mol. The fourth-order valence-corrected chi connectivity index (χ4v) is 3.77. The van der Waals surface area contributed by atoms with Crippen molar-refractivity contribution in [2.75, 3.05) is 12.5 Å². The summed E-state index contributed by atoms with van der Waals surface area (Å²) in [5.41, 5.74) is 0. The van der Waals surface area contributed by atoms with Crippen molar-refractivity contribution in [3.05, 3.63) is 46.5 Å². The molecule has 1 saturated heterocycles. The molecule has 0 unspecified atom stereocenters. The Hall–Kier alpha value is -0.820. The second-order valence-electron chi connectivity index (χ2n) is 4.37. The van der Waals surface area contributed by atoms with Crippen molar-refractivity contribution in [1.29, 1.82) is 0 Å². The van der Waals surface area contributed by atoms with Crippen LogP contribution in [0.3, 0.4) is 0 Å². The minimum atomic E-state index is 0.837. The van der Waals surface area contributed by atoms with Gasteiger partial charge in [0.15, 0.2) is 0 Å². The van der Waals surface area contributed by atoms with Gasteiger partial charge in [0.1, 0.15) is 10.1 Å². The van der Waals surface area contributed by atoms with Crippen molar-refractivity contribution >= 4 is 39.6 Å². The fraction of sp³-hybridized carbons (Fsp3) is 0.308. The van der Waals surface area contributed by atoms with Gasteiger partial charge in [0, 0.05) is 4.88 Å². The Labute approximate surface area is 126 Å². The van der Waals surface area contributed by atoms with E-state index in [0.717, 1.165) is 35.7 Å². The molecule has 1 aliphatic heterocycles. The lowest BCUT2D eigenvalue weighted by Crippen LogP contribution is -2.43. The molecule has 3 rings (SSSR count). The Morgan fingerprint density at radius 2 is 2.21 bits per heavy atom. The summed E-state index contributed by atoms with van der Waals surface area (Å²) in [4.78, 5) is 5.94. The molecule has 1 fully saturated rings. The van der Waals surface area contributed by atoms with Crippen LogP contribution in [0.4, 0.5) is 0 Å². The van der Waals surface area contributed by atoms with Gasteiger partial charge < -0.3 is 9.32 Å². The van der Waals surface area contributed by atoms with Crippen LogP contribution in [0.1, 0.15) is 10.6 Å². The largest absolute Gasteiger partial charge is 0.468 e. The van der Waals surface area contributed by atoms with Crippen LogP contribution in [0.5, 0.6) is 0 Å². The number of hydrogen-bond donors (Lipinski definition) is 0. The van der Waals surface area contributed by atoms with Crippen LogP contribution in [0.15, 0.2) is 40.3 Å². The highest BCUT2D eigenvalue weighted by atomic mass is 32.2. The lowest BCUT2D eigenvalue weighted by atomic mass is 10.4. The zero-order valence-electron chi connectivity index (χ0n) is 10.3.